The number of nitrogens with zero attached hydrogens (tertiary/aromatic N) is 2. The highest BCUT2D eigenvalue weighted by Crippen LogP contribution is 2.26. The Kier molecular flexibility index (Phi) is 4.95. The number of carbonyl (C=O) groups excluding carboxylic acids is 1. The number of amides is 2. The predicted octanol–water partition coefficient (Wildman–Crippen LogP) is 3.86. The summed E-state index contributed by atoms with van der Waals surface area (Å²) < 4.78 is 0. The third-order valence-corrected chi connectivity index (χ3v) is 4.69. The van der Waals surface area contributed by atoms with E-state index in [1.165, 1.54) is 17.4 Å². The molecule has 0 saturated carbocycles. The highest BCUT2D eigenvalue weighted by Gasteiger charge is 2.18. The van der Waals surface area contributed by atoms with Crippen molar-refractivity contribution in [3.8, 4) is 0 Å². The average molecular weight is 334 g/mol. The number of anilines is 1. The summed E-state index contributed by atoms with van der Waals surface area (Å²) in [6.07, 6.45) is 0. The van der Waals surface area contributed by atoms with Crippen LogP contribution in [0.25, 0.3) is 0 Å². The van der Waals surface area contributed by atoms with Crippen LogP contribution in [0.4, 0.5) is 16.2 Å². The lowest BCUT2D eigenvalue weighted by molar-refractivity contribution is -0.385. The normalized spacial score (nSPS) is 11.8. The van der Waals surface area contributed by atoms with Crippen molar-refractivity contribution in [1.82, 2.24) is 10.3 Å². The highest BCUT2D eigenvalue weighted by atomic mass is 32.1. The van der Waals surface area contributed by atoms with Gasteiger partial charge in [0.1, 0.15) is 0 Å². The van der Waals surface area contributed by atoms with Crippen LogP contribution in [0, 0.1) is 30.9 Å². The number of carbonyl (C=O) groups is 1. The molecule has 1 aromatic heterocycles. The van der Waals surface area contributed by atoms with Crippen molar-refractivity contribution in [2.75, 3.05) is 5.32 Å². The molecule has 1 aromatic carbocycles. The van der Waals surface area contributed by atoms with Gasteiger partial charge < -0.3 is 10.6 Å². The molecule has 2 rings (SSSR count). The van der Waals surface area contributed by atoms with E-state index in [1.807, 2.05) is 20.8 Å². The van der Waals surface area contributed by atoms with Crippen LogP contribution in [0.15, 0.2) is 18.2 Å². The number of aryl methyl sites for hydroxylation is 2. The molecule has 1 atom stereocenters. The van der Waals surface area contributed by atoms with E-state index < -0.39 is 11.0 Å². The van der Waals surface area contributed by atoms with Gasteiger partial charge in [-0.15, -0.1) is 11.3 Å². The van der Waals surface area contributed by atoms with Gasteiger partial charge in [0.15, 0.2) is 0 Å². The standard InChI is InChI=1S/C15H18N4O3S/c1-8-12(6-5-7-13(8)19(21)22)18-15(20)17-10(3)14-9(2)16-11(4)23-14/h5-7,10H,1-4H3,(H2,17,18,20)/t10-/m0/s1. The first-order valence-electron chi connectivity index (χ1n) is 7.05. The first kappa shape index (κ1) is 16.9. The molecule has 0 bridgehead atoms. The largest absolute Gasteiger partial charge is 0.330 e. The van der Waals surface area contributed by atoms with Gasteiger partial charge in [-0.1, -0.05) is 6.07 Å². The van der Waals surface area contributed by atoms with Crippen molar-refractivity contribution in [3.63, 3.8) is 0 Å². The summed E-state index contributed by atoms with van der Waals surface area (Å²) in [5, 5.41) is 17.4. The van der Waals surface area contributed by atoms with Crippen molar-refractivity contribution >= 4 is 28.7 Å². The number of nitro groups is 1. The molecule has 0 radical (unpaired) electrons. The van der Waals surface area contributed by atoms with Gasteiger partial charge in [-0.25, -0.2) is 9.78 Å². The maximum atomic E-state index is 12.1. The van der Waals surface area contributed by atoms with Gasteiger partial charge in [0.25, 0.3) is 5.69 Å². The van der Waals surface area contributed by atoms with Gasteiger partial charge in [0.05, 0.1) is 32.9 Å². The summed E-state index contributed by atoms with van der Waals surface area (Å²) >= 11 is 1.54. The van der Waals surface area contributed by atoms with Crippen molar-refractivity contribution < 1.29 is 9.72 Å². The fourth-order valence-electron chi connectivity index (χ4n) is 2.33. The number of hydrogen-bond donors (Lipinski definition) is 2. The number of rotatable bonds is 4. The third-order valence-electron chi connectivity index (χ3n) is 3.43. The van der Waals surface area contributed by atoms with Crippen LogP contribution in [-0.2, 0) is 0 Å². The summed E-state index contributed by atoms with van der Waals surface area (Å²) in [6.45, 7) is 7.30. The van der Waals surface area contributed by atoms with Crippen LogP contribution in [0.2, 0.25) is 0 Å². The van der Waals surface area contributed by atoms with E-state index in [2.05, 4.69) is 15.6 Å². The SMILES string of the molecule is Cc1nc(C)c([C@H](C)NC(=O)Nc2cccc([N+](=O)[O-])c2C)s1. The van der Waals surface area contributed by atoms with Crippen LogP contribution in [0.5, 0.6) is 0 Å². The molecule has 122 valence electrons. The van der Waals surface area contributed by atoms with Crippen LogP contribution in [-0.4, -0.2) is 15.9 Å². The molecular weight excluding hydrogens is 316 g/mol. The Morgan fingerprint density at radius 1 is 1.35 bits per heavy atom. The molecule has 0 saturated heterocycles. The van der Waals surface area contributed by atoms with Crippen LogP contribution < -0.4 is 10.6 Å². The average Bonchev–Trinajstić information content (AvgIpc) is 2.79. The predicted molar refractivity (Wildman–Crippen MR) is 90.0 cm³/mol. The molecule has 23 heavy (non-hydrogen) atoms. The number of nitrogens with one attached hydrogen (secondary N) is 2. The molecule has 0 aliphatic carbocycles. The number of nitro benzene ring substituents is 1. The van der Waals surface area contributed by atoms with E-state index in [1.54, 1.807) is 19.1 Å². The molecule has 0 aliphatic heterocycles. The quantitative estimate of drug-likeness (QED) is 0.655. The number of benzene rings is 1. The van der Waals surface area contributed by atoms with Gasteiger partial charge in [-0.05, 0) is 33.8 Å². The number of thiazole rings is 1. The Balaban J connectivity index is 2.10. The summed E-state index contributed by atoms with van der Waals surface area (Å²) in [5.74, 6) is 0. The highest BCUT2D eigenvalue weighted by molar-refractivity contribution is 7.11. The Labute approximate surface area is 137 Å². The minimum Gasteiger partial charge on any atom is -0.330 e. The van der Waals surface area contributed by atoms with Crippen molar-refractivity contribution in [3.05, 3.63) is 49.5 Å². The molecule has 2 aromatic rings. The Bertz CT molecular complexity index is 757. The molecule has 8 heteroatoms. The van der Waals surface area contributed by atoms with Gasteiger partial charge >= 0.3 is 6.03 Å². The number of urea groups is 1. The van der Waals surface area contributed by atoms with E-state index in [0.717, 1.165) is 15.6 Å². The van der Waals surface area contributed by atoms with E-state index >= 15 is 0 Å². The minimum absolute atomic E-state index is 0.0234. The van der Waals surface area contributed by atoms with Crippen LogP contribution in [0.3, 0.4) is 0 Å². The molecule has 0 fully saturated rings. The first-order valence-corrected chi connectivity index (χ1v) is 7.86. The van der Waals surface area contributed by atoms with Gasteiger partial charge in [-0.3, -0.25) is 10.1 Å². The first-order chi connectivity index (χ1) is 10.8. The zero-order valence-electron chi connectivity index (χ0n) is 13.3. The van der Waals surface area contributed by atoms with Crippen molar-refractivity contribution in [2.24, 2.45) is 0 Å². The second-order valence-corrected chi connectivity index (χ2v) is 6.44. The molecule has 7 nitrogen and oxygen atoms in total. The summed E-state index contributed by atoms with van der Waals surface area (Å²) in [5.41, 5.74) is 1.71. The Hall–Kier alpha value is -2.48. The maximum Gasteiger partial charge on any atom is 0.319 e. The fourth-order valence-corrected chi connectivity index (χ4v) is 3.26. The second kappa shape index (κ2) is 6.74. The second-order valence-electron chi connectivity index (χ2n) is 5.21. The summed E-state index contributed by atoms with van der Waals surface area (Å²) in [6, 6.07) is 3.98. The Morgan fingerprint density at radius 2 is 2.04 bits per heavy atom. The number of aromatic nitrogens is 1. The molecule has 0 aliphatic rings. The minimum atomic E-state index is -0.468. The van der Waals surface area contributed by atoms with Gasteiger partial charge in [0, 0.05) is 10.9 Å². The maximum absolute atomic E-state index is 12.1. The van der Waals surface area contributed by atoms with Gasteiger partial charge in [0.2, 0.25) is 0 Å². The van der Waals surface area contributed by atoms with E-state index in [4.69, 9.17) is 0 Å². The molecule has 2 N–H and O–H groups in total. The van der Waals surface area contributed by atoms with E-state index in [0.29, 0.717) is 11.3 Å². The molecule has 1 heterocycles. The van der Waals surface area contributed by atoms with E-state index in [-0.39, 0.29) is 11.7 Å². The zero-order chi connectivity index (χ0) is 17.1. The van der Waals surface area contributed by atoms with Crippen LogP contribution in [0.1, 0.15) is 34.1 Å². The topological polar surface area (TPSA) is 97.2 Å². The summed E-state index contributed by atoms with van der Waals surface area (Å²) in [4.78, 5) is 27.9. The lowest BCUT2D eigenvalue weighted by atomic mass is 10.1. The molecule has 0 spiro atoms. The fraction of sp³-hybridized carbons (Fsp3) is 0.333. The lowest BCUT2D eigenvalue weighted by Crippen LogP contribution is -2.31. The van der Waals surface area contributed by atoms with Crippen molar-refractivity contribution in [2.45, 2.75) is 33.7 Å². The van der Waals surface area contributed by atoms with Gasteiger partial charge in [-0.2, -0.15) is 0 Å². The molecular formula is C15H18N4O3S. The Morgan fingerprint density at radius 3 is 2.61 bits per heavy atom. The zero-order valence-corrected chi connectivity index (χ0v) is 14.2. The van der Waals surface area contributed by atoms with Crippen LogP contribution >= 0.6 is 11.3 Å². The third kappa shape index (κ3) is 3.84. The monoisotopic (exact) mass is 334 g/mol. The smallest absolute Gasteiger partial charge is 0.319 e. The summed E-state index contributed by atoms with van der Waals surface area (Å²) in [7, 11) is 0. The number of hydrogen-bond acceptors (Lipinski definition) is 5. The van der Waals surface area contributed by atoms with E-state index in [9.17, 15) is 14.9 Å². The lowest BCUT2D eigenvalue weighted by Gasteiger charge is -2.15. The molecule has 2 amide bonds. The van der Waals surface area contributed by atoms with Crippen molar-refractivity contribution in [1.29, 1.82) is 0 Å². The molecule has 0 unspecified atom stereocenters.